The summed E-state index contributed by atoms with van der Waals surface area (Å²) in [7, 11) is 0. The molecule has 3 fully saturated rings. The third-order valence-electron chi connectivity index (χ3n) is 11.2. The molecular weight excluding hydrogens is 767 g/mol. The quantitative estimate of drug-likeness (QED) is 0.185. The number of ether oxygens (including phenoxy) is 2. The summed E-state index contributed by atoms with van der Waals surface area (Å²) < 4.78 is 96.2. The largest absolute Gasteiger partial charge is 0.490 e. The zero-order valence-electron chi connectivity index (χ0n) is 30.5. The normalized spacial score (nSPS) is 25.0. The van der Waals surface area contributed by atoms with E-state index >= 15 is 4.79 Å². The average molecular weight is 809 g/mol. The minimum absolute atomic E-state index is 0.0133. The number of pyridine rings is 1. The number of hydrogen-bond acceptors (Lipinski definition) is 9. The predicted molar refractivity (Wildman–Crippen MR) is 190 cm³/mol. The highest BCUT2D eigenvalue weighted by Crippen LogP contribution is 2.46. The van der Waals surface area contributed by atoms with Crippen LogP contribution in [0.2, 0.25) is 0 Å². The Morgan fingerprint density at radius 3 is 2.41 bits per heavy atom. The zero-order valence-corrected chi connectivity index (χ0v) is 31.3. The van der Waals surface area contributed by atoms with Crippen LogP contribution in [0, 0.1) is 17.2 Å². The van der Waals surface area contributed by atoms with Crippen LogP contribution in [0.1, 0.15) is 92.6 Å². The Balaban J connectivity index is 1.33. The van der Waals surface area contributed by atoms with Gasteiger partial charge in [-0.2, -0.15) is 31.6 Å². The Labute approximate surface area is 323 Å². The lowest BCUT2D eigenvalue weighted by molar-refractivity contribution is -0.175. The smallest absolute Gasteiger partial charge is 0.425 e. The lowest BCUT2D eigenvalue weighted by Gasteiger charge is -2.52. The molecule has 1 aliphatic carbocycles. The highest BCUT2D eigenvalue weighted by atomic mass is 32.1. The molecule has 56 heavy (non-hydrogen) atoms. The molecule has 302 valence electrons. The van der Waals surface area contributed by atoms with Gasteiger partial charge < -0.3 is 24.6 Å². The average Bonchev–Trinajstić information content (AvgIpc) is 3.85. The van der Waals surface area contributed by atoms with Crippen LogP contribution in [0.15, 0.2) is 54.0 Å². The number of halogens is 6. The second-order valence-corrected chi connectivity index (χ2v) is 15.6. The molecule has 0 spiro atoms. The third-order valence-corrected chi connectivity index (χ3v) is 12.2. The summed E-state index contributed by atoms with van der Waals surface area (Å²) in [5.41, 5.74) is -4.31. The maximum Gasteiger partial charge on any atom is 0.425 e. The monoisotopic (exact) mass is 808 g/mol. The van der Waals surface area contributed by atoms with E-state index in [1.165, 1.54) is 9.80 Å². The molecule has 1 amide bonds. The van der Waals surface area contributed by atoms with E-state index in [1.807, 2.05) is 0 Å². The van der Waals surface area contributed by atoms with Gasteiger partial charge in [-0.05, 0) is 69.6 Å². The zero-order chi connectivity index (χ0) is 40.5. The number of para-hydroxylation sites is 1. The first-order valence-electron chi connectivity index (χ1n) is 18.5. The lowest BCUT2D eigenvalue weighted by Crippen LogP contribution is -2.68. The SMILES string of the molecule is CCC[C@H]1N(C(O)c2ncccc2C(F)(F)F)CCC[C@@]1(Oc1csc(C(F)(F)F)c1)C(=O)N1CCC(C#N)(c2ccccc2O[C@H]2CC[C@@H](C(=O)O)C2)CC1. The number of aliphatic hydroxyl groups excluding tert-OH is 1. The maximum atomic E-state index is 15.0. The van der Waals surface area contributed by atoms with Gasteiger partial charge in [0.2, 0.25) is 5.60 Å². The molecule has 10 nitrogen and oxygen atoms in total. The minimum atomic E-state index is -4.86. The Morgan fingerprint density at radius 1 is 1.05 bits per heavy atom. The van der Waals surface area contributed by atoms with Crippen LogP contribution >= 0.6 is 11.3 Å². The van der Waals surface area contributed by atoms with Gasteiger partial charge >= 0.3 is 18.3 Å². The lowest BCUT2D eigenvalue weighted by atomic mass is 9.72. The maximum absolute atomic E-state index is 15.0. The highest BCUT2D eigenvalue weighted by molar-refractivity contribution is 7.10. The number of hydrogen-bond donors (Lipinski definition) is 2. The number of aliphatic hydroxyl groups is 1. The minimum Gasteiger partial charge on any atom is -0.490 e. The number of benzene rings is 1. The van der Waals surface area contributed by atoms with Gasteiger partial charge in [0.25, 0.3) is 5.91 Å². The van der Waals surface area contributed by atoms with Crippen molar-refractivity contribution < 1.29 is 55.6 Å². The van der Waals surface area contributed by atoms with Crippen molar-refractivity contribution in [1.29, 1.82) is 5.26 Å². The van der Waals surface area contributed by atoms with E-state index < -0.39 is 69.6 Å². The topological polar surface area (TPSA) is 136 Å². The Hall–Kier alpha value is -4.40. The van der Waals surface area contributed by atoms with E-state index in [4.69, 9.17) is 9.47 Å². The number of alkyl halides is 6. The van der Waals surface area contributed by atoms with Crippen LogP contribution in [0.4, 0.5) is 26.3 Å². The molecule has 1 unspecified atom stereocenters. The Morgan fingerprint density at radius 2 is 1.79 bits per heavy atom. The number of carboxylic acid groups (broad SMARTS) is 1. The number of nitrogens with zero attached hydrogens (tertiary/aromatic N) is 4. The van der Waals surface area contributed by atoms with E-state index in [0.717, 1.165) is 29.8 Å². The first-order valence-corrected chi connectivity index (χ1v) is 19.4. The van der Waals surface area contributed by atoms with E-state index in [0.29, 0.717) is 48.3 Å². The van der Waals surface area contributed by atoms with Crippen LogP contribution in [0.5, 0.6) is 11.5 Å². The van der Waals surface area contributed by atoms with Crippen LogP contribution in [-0.4, -0.2) is 74.3 Å². The van der Waals surface area contributed by atoms with Gasteiger partial charge in [-0.1, -0.05) is 31.5 Å². The number of likely N-dealkylation sites (tertiary alicyclic amines) is 2. The molecular formula is C39H42F6N4O6S. The van der Waals surface area contributed by atoms with Crippen LogP contribution in [0.3, 0.4) is 0 Å². The van der Waals surface area contributed by atoms with E-state index in [-0.39, 0.29) is 63.6 Å². The molecule has 4 heterocycles. The van der Waals surface area contributed by atoms with Crippen molar-refractivity contribution in [2.24, 2.45) is 5.92 Å². The van der Waals surface area contributed by atoms with E-state index in [2.05, 4.69) is 11.1 Å². The number of aliphatic carboxylic acids is 1. The van der Waals surface area contributed by atoms with Crippen molar-refractivity contribution in [1.82, 2.24) is 14.8 Å². The number of aromatic nitrogens is 1. The molecule has 1 saturated carbocycles. The summed E-state index contributed by atoms with van der Waals surface area (Å²) >= 11 is 0.379. The van der Waals surface area contributed by atoms with Crippen molar-refractivity contribution >= 4 is 23.2 Å². The van der Waals surface area contributed by atoms with Crippen LogP contribution in [-0.2, 0) is 27.4 Å². The number of carbonyl (C=O) groups is 2. The summed E-state index contributed by atoms with van der Waals surface area (Å²) in [5, 5.41) is 32.9. The molecule has 1 aromatic carbocycles. The number of carboxylic acids is 1. The number of nitriles is 1. The molecule has 0 radical (unpaired) electrons. The molecule has 2 aromatic heterocycles. The van der Waals surface area contributed by atoms with Crippen molar-refractivity contribution in [3.8, 4) is 17.6 Å². The molecule has 5 atom stereocenters. The molecule has 2 saturated heterocycles. The molecule has 2 aliphatic heterocycles. The summed E-state index contributed by atoms with van der Waals surface area (Å²) in [5.74, 6) is -1.84. The summed E-state index contributed by atoms with van der Waals surface area (Å²) in [6, 6.07) is 11.0. The van der Waals surface area contributed by atoms with Gasteiger partial charge in [0.05, 0.1) is 40.8 Å². The second kappa shape index (κ2) is 16.2. The fourth-order valence-corrected chi connectivity index (χ4v) is 9.14. The summed E-state index contributed by atoms with van der Waals surface area (Å²) in [6.45, 7) is 1.86. The molecule has 3 aliphatic rings. The van der Waals surface area contributed by atoms with Crippen molar-refractivity contribution in [2.75, 3.05) is 19.6 Å². The third kappa shape index (κ3) is 8.19. The van der Waals surface area contributed by atoms with Crippen molar-refractivity contribution in [3.63, 3.8) is 0 Å². The van der Waals surface area contributed by atoms with Crippen molar-refractivity contribution in [2.45, 2.75) is 106 Å². The standard InChI is InChI=1S/C39H42F6N4O6S/c1-2-7-30-37(55-26-21-31(56-22-26)39(43,44)45,13-6-17-49(30)33(50)32-28(38(40,41)42)9-5-16-47-32)35(53)48-18-14-36(23-46,15-19-48)27-8-3-4-10-29(27)54-25-12-11-24(20-25)34(51)52/h3-5,8-10,16,21-22,24-25,30,33,50H,2,6-7,11-15,17-20H2,1H3,(H,51,52)/t24-,25+,30-,33?,37+/m1/s1. The van der Waals surface area contributed by atoms with Gasteiger partial charge in [0.15, 0.2) is 6.23 Å². The molecule has 2 N–H and O–H groups in total. The van der Waals surface area contributed by atoms with E-state index in [9.17, 15) is 46.6 Å². The number of thiophene rings is 1. The summed E-state index contributed by atoms with van der Waals surface area (Å²) in [4.78, 5) is 32.3. The first kappa shape index (κ1) is 41.2. The molecule has 3 aromatic rings. The Kier molecular flexibility index (Phi) is 11.9. The molecule has 6 rings (SSSR count). The van der Waals surface area contributed by atoms with Gasteiger partial charge in [0, 0.05) is 42.8 Å². The van der Waals surface area contributed by atoms with Gasteiger partial charge in [-0.3, -0.25) is 19.5 Å². The highest BCUT2D eigenvalue weighted by Gasteiger charge is 2.57. The number of piperidine rings is 2. The fourth-order valence-electron chi connectivity index (χ4n) is 8.46. The molecule has 17 heteroatoms. The van der Waals surface area contributed by atoms with Crippen molar-refractivity contribution in [3.05, 3.63) is 75.7 Å². The van der Waals surface area contributed by atoms with Gasteiger partial charge in [-0.15, -0.1) is 11.3 Å². The fraction of sp³-hybridized carbons (Fsp3) is 0.538. The second-order valence-electron chi connectivity index (χ2n) is 14.7. The first-order chi connectivity index (χ1) is 26.5. The number of rotatable bonds is 11. The van der Waals surface area contributed by atoms with Gasteiger partial charge in [0.1, 0.15) is 16.4 Å². The number of amides is 1. The van der Waals surface area contributed by atoms with Crippen LogP contribution < -0.4 is 9.47 Å². The summed E-state index contributed by atoms with van der Waals surface area (Å²) in [6.07, 6.45) is -8.53. The predicted octanol–water partition coefficient (Wildman–Crippen LogP) is 7.97. The van der Waals surface area contributed by atoms with Crippen LogP contribution in [0.25, 0.3) is 0 Å². The Bertz CT molecular complexity index is 1930. The van der Waals surface area contributed by atoms with Gasteiger partial charge in [-0.25, -0.2) is 0 Å². The number of carbonyl (C=O) groups excluding carboxylic acids is 1. The van der Waals surface area contributed by atoms with E-state index in [1.54, 1.807) is 31.2 Å². The molecule has 0 bridgehead atoms.